The number of hydrogen-bond acceptors (Lipinski definition) is 0. The van der Waals surface area contributed by atoms with Crippen molar-refractivity contribution in [2.24, 2.45) is 0 Å². The summed E-state index contributed by atoms with van der Waals surface area (Å²) in [5.74, 6) is 0. The van der Waals surface area contributed by atoms with Crippen LogP contribution in [0.3, 0.4) is 0 Å². The largest absolute Gasteiger partial charge is 0.309 e. The van der Waals surface area contributed by atoms with E-state index in [-0.39, 0.29) is 0 Å². The van der Waals surface area contributed by atoms with Crippen LogP contribution in [0.25, 0.3) is 82.5 Å². The van der Waals surface area contributed by atoms with Gasteiger partial charge in [0.25, 0.3) is 0 Å². The van der Waals surface area contributed by atoms with Gasteiger partial charge in [-0.15, -0.1) is 0 Å². The second kappa shape index (κ2) is 14.5. The van der Waals surface area contributed by atoms with Crippen LogP contribution < -0.4 is 20.7 Å². The molecule has 10 aromatic carbocycles. The second-order valence-electron chi connectivity index (χ2n) is 16.8. The zero-order chi connectivity index (χ0) is 42.2. The summed E-state index contributed by atoms with van der Waals surface area (Å²) in [5.41, 5.74) is 10.7. The van der Waals surface area contributed by atoms with Gasteiger partial charge >= 0.3 is 0 Å². The lowest BCUT2D eigenvalue weighted by Gasteiger charge is -2.35. The Bertz CT molecular complexity index is 3840. The molecule has 13 aromatic rings. The molecule has 64 heavy (non-hydrogen) atoms. The SMILES string of the molecule is c1ccc(-n2c3ccccc3c3cc4c(cc32)c2ccccc2n4-c2cccc([Si](c3ccccc3)(c3ccccc3)c3cccc4c5ccccc5n(-c5ccccc5)c34)c2)cc1. The van der Waals surface area contributed by atoms with Crippen LogP contribution in [0.2, 0.25) is 0 Å². The molecule has 0 radical (unpaired) electrons. The fraction of sp³-hybridized carbons (Fsp3) is 0. The zero-order valence-electron chi connectivity index (χ0n) is 35.0. The molecule has 4 heteroatoms. The van der Waals surface area contributed by atoms with Gasteiger partial charge in [0.1, 0.15) is 0 Å². The van der Waals surface area contributed by atoms with E-state index in [1.54, 1.807) is 0 Å². The molecule has 0 aliphatic carbocycles. The summed E-state index contributed by atoms with van der Waals surface area (Å²) in [5, 5.41) is 12.8. The van der Waals surface area contributed by atoms with Gasteiger partial charge in [0, 0.05) is 49.4 Å². The van der Waals surface area contributed by atoms with Crippen LogP contribution in [0, 0.1) is 0 Å². The fourth-order valence-corrected chi connectivity index (χ4v) is 15.9. The summed E-state index contributed by atoms with van der Waals surface area (Å²) in [4.78, 5) is 0. The van der Waals surface area contributed by atoms with Gasteiger partial charge in [-0.25, -0.2) is 0 Å². The molecule has 3 nitrogen and oxygen atoms in total. The lowest BCUT2D eigenvalue weighted by Crippen LogP contribution is -2.75. The third-order valence-electron chi connectivity index (χ3n) is 13.5. The standard InChI is InChI=1S/C60H41N3Si/c1-5-21-42(22-6-1)61-54-35-16-14-32-49(54)52-41-58-53(40-57(52)61)50-33-15-17-36-55(50)62(58)44-25-19-30-47(39-44)64(45-26-9-3-10-27-45,46-28-11-4-12-29-46)59-38-20-34-51-48-31-13-18-37-56(48)63(60(51)59)43-23-7-2-8-24-43/h1-41H. The molecule has 0 bridgehead atoms. The number of nitrogens with zero attached hydrogens (tertiary/aromatic N) is 3. The van der Waals surface area contributed by atoms with E-state index in [1.807, 2.05) is 0 Å². The van der Waals surface area contributed by atoms with Gasteiger partial charge in [-0.05, 0) is 87.5 Å². The van der Waals surface area contributed by atoms with Gasteiger partial charge in [0.05, 0.1) is 33.1 Å². The van der Waals surface area contributed by atoms with Crippen molar-refractivity contribution in [3.8, 4) is 17.1 Å². The molecule has 0 spiro atoms. The van der Waals surface area contributed by atoms with E-state index in [0.29, 0.717) is 0 Å². The van der Waals surface area contributed by atoms with Gasteiger partial charge in [-0.1, -0.05) is 182 Å². The highest BCUT2D eigenvalue weighted by Gasteiger charge is 2.44. The van der Waals surface area contributed by atoms with E-state index >= 15 is 0 Å². The number of para-hydroxylation sites is 6. The maximum absolute atomic E-state index is 3.12. The van der Waals surface area contributed by atoms with Gasteiger partial charge in [0.2, 0.25) is 0 Å². The molecular weight excluding hydrogens is 791 g/mol. The Morgan fingerprint density at radius 3 is 1.16 bits per heavy atom. The van der Waals surface area contributed by atoms with Crippen molar-refractivity contribution in [2.75, 3.05) is 0 Å². The van der Waals surface area contributed by atoms with Crippen LogP contribution in [0.4, 0.5) is 0 Å². The zero-order valence-corrected chi connectivity index (χ0v) is 36.0. The van der Waals surface area contributed by atoms with Crippen LogP contribution in [0.1, 0.15) is 0 Å². The van der Waals surface area contributed by atoms with Crippen molar-refractivity contribution in [1.29, 1.82) is 0 Å². The highest BCUT2D eigenvalue weighted by atomic mass is 28.3. The topological polar surface area (TPSA) is 14.8 Å². The fourth-order valence-electron chi connectivity index (χ4n) is 11.0. The smallest absolute Gasteiger partial charge is 0.181 e. The summed E-state index contributed by atoms with van der Waals surface area (Å²) in [6, 6.07) is 92.5. The van der Waals surface area contributed by atoms with Crippen LogP contribution >= 0.6 is 0 Å². The van der Waals surface area contributed by atoms with Crippen molar-refractivity contribution in [3.63, 3.8) is 0 Å². The maximum Gasteiger partial charge on any atom is 0.181 e. The second-order valence-corrected chi connectivity index (χ2v) is 20.6. The monoisotopic (exact) mass is 831 g/mol. The molecule has 0 aliphatic heterocycles. The van der Waals surface area contributed by atoms with Crippen molar-refractivity contribution < 1.29 is 0 Å². The molecule has 3 aromatic heterocycles. The number of hydrogen-bond donors (Lipinski definition) is 0. The minimum absolute atomic E-state index is 1.15. The Morgan fingerprint density at radius 1 is 0.234 bits per heavy atom. The molecule has 3 heterocycles. The predicted octanol–water partition coefficient (Wildman–Crippen LogP) is 12.4. The maximum atomic E-state index is 2.52. The molecule has 300 valence electrons. The Morgan fingerprint density at radius 2 is 0.609 bits per heavy atom. The first-order chi connectivity index (χ1) is 31.8. The summed E-state index contributed by atoms with van der Waals surface area (Å²) < 4.78 is 7.45. The lowest BCUT2D eigenvalue weighted by atomic mass is 10.1. The number of rotatable bonds is 7. The van der Waals surface area contributed by atoms with Gasteiger partial charge in [-0.2, -0.15) is 0 Å². The van der Waals surface area contributed by atoms with Crippen LogP contribution in [0.5, 0.6) is 0 Å². The summed E-state index contributed by atoms with van der Waals surface area (Å²) >= 11 is 0. The van der Waals surface area contributed by atoms with Crippen LogP contribution in [0.15, 0.2) is 249 Å². The average Bonchev–Trinajstić information content (AvgIpc) is 4.00. The van der Waals surface area contributed by atoms with Crippen LogP contribution in [-0.2, 0) is 0 Å². The average molecular weight is 832 g/mol. The molecule has 0 N–H and O–H groups in total. The third-order valence-corrected chi connectivity index (χ3v) is 18.3. The van der Waals surface area contributed by atoms with E-state index in [4.69, 9.17) is 0 Å². The summed E-state index contributed by atoms with van der Waals surface area (Å²) in [7, 11) is -3.12. The van der Waals surface area contributed by atoms with E-state index in [2.05, 4.69) is 262 Å². The van der Waals surface area contributed by atoms with E-state index < -0.39 is 8.07 Å². The number of aromatic nitrogens is 3. The van der Waals surface area contributed by atoms with Gasteiger partial charge in [-0.3, -0.25) is 0 Å². The van der Waals surface area contributed by atoms with E-state index in [1.165, 1.54) is 86.2 Å². The van der Waals surface area contributed by atoms with Gasteiger partial charge in [0.15, 0.2) is 8.07 Å². The van der Waals surface area contributed by atoms with Crippen molar-refractivity contribution in [3.05, 3.63) is 249 Å². The molecule has 0 amide bonds. The van der Waals surface area contributed by atoms with Gasteiger partial charge < -0.3 is 13.7 Å². The number of benzene rings is 10. The highest BCUT2D eigenvalue weighted by molar-refractivity contribution is 7.20. The highest BCUT2D eigenvalue weighted by Crippen LogP contribution is 2.40. The number of fused-ring (bicyclic) bond motifs is 9. The first-order valence-corrected chi connectivity index (χ1v) is 24.1. The van der Waals surface area contributed by atoms with E-state index in [0.717, 1.165) is 17.1 Å². The molecule has 0 unspecified atom stereocenters. The first-order valence-electron chi connectivity index (χ1n) is 22.1. The Hall–Kier alpha value is -8.18. The van der Waals surface area contributed by atoms with Crippen molar-refractivity contribution in [2.45, 2.75) is 0 Å². The first kappa shape index (κ1) is 36.5. The van der Waals surface area contributed by atoms with Crippen molar-refractivity contribution >= 4 is 94.2 Å². The Kier molecular flexibility index (Phi) is 8.23. The minimum Gasteiger partial charge on any atom is -0.309 e. The molecule has 0 fully saturated rings. The summed E-state index contributed by atoms with van der Waals surface area (Å²) in [6.45, 7) is 0. The minimum atomic E-state index is -3.12. The molecule has 0 aliphatic rings. The van der Waals surface area contributed by atoms with Crippen LogP contribution in [-0.4, -0.2) is 21.8 Å². The predicted molar refractivity (Wildman–Crippen MR) is 273 cm³/mol. The molecular formula is C60H41N3Si. The quantitative estimate of drug-likeness (QED) is 0.112. The molecule has 0 saturated heterocycles. The lowest BCUT2D eigenvalue weighted by molar-refractivity contribution is 1.18. The van der Waals surface area contributed by atoms with E-state index in [9.17, 15) is 0 Å². The van der Waals surface area contributed by atoms with Crippen molar-refractivity contribution in [1.82, 2.24) is 13.7 Å². The Labute approximate surface area is 372 Å². The normalized spacial score (nSPS) is 12.1. The molecule has 0 saturated carbocycles. The molecule has 0 atom stereocenters. The third kappa shape index (κ3) is 5.27. The molecule has 13 rings (SSSR count). The Balaban J connectivity index is 1.15. The summed E-state index contributed by atoms with van der Waals surface area (Å²) in [6.07, 6.45) is 0.